The Morgan fingerprint density at radius 1 is 1.48 bits per heavy atom. The molecule has 0 aliphatic rings. The molecule has 1 heterocycles. The van der Waals surface area contributed by atoms with Crippen molar-refractivity contribution in [3.63, 3.8) is 0 Å². The summed E-state index contributed by atoms with van der Waals surface area (Å²) < 4.78 is 1.67. The number of nitrogen functional groups attached to an aromatic ring is 1. The van der Waals surface area contributed by atoms with Crippen LogP contribution in [0.2, 0.25) is 0 Å². The summed E-state index contributed by atoms with van der Waals surface area (Å²) in [5.41, 5.74) is 5.49. The summed E-state index contributed by atoms with van der Waals surface area (Å²) in [5.74, 6) is -0.600. The van der Waals surface area contributed by atoms with Gasteiger partial charge in [-0.15, -0.1) is 0 Å². The molecule has 0 bridgehead atoms. The number of nitrogens with one attached hydrogen (secondary N) is 1. The zero-order chi connectivity index (χ0) is 15.6. The van der Waals surface area contributed by atoms with Crippen molar-refractivity contribution < 1.29 is 9.72 Å². The molecule has 0 radical (unpaired) electrons. The number of benzene rings is 1. The number of nitro benzene ring substituents is 1. The van der Waals surface area contributed by atoms with Gasteiger partial charge in [-0.05, 0) is 26.0 Å². The standard InChI is InChI=1S/C13H15N5O3/c1-8(2)17-7-9(6-15-17)16-13(19)10-4-3-5-11(14)12(10)18(20)21/h3-8H,14H2,1-2H3,(H,16,19). The summed E-state index contributed by atoms with van der Waals surface area (Å²) in [7, 11) is 0. The summed E-state index contributed by atoms with van der Waals surface area (Å²) in [6, 6.07) is 4.38. The molecule has 3 N–H and O–H groups in total. The molecule has 0 saturated heterocycles. The second-order valence-corrected chi connectivity index (χ2v) is 4.76. The highest BCUT2D eigenvalue weighted by atomic mass is 16.6. The first kappa shape index (κ1) is 14.5. The van der Waals surface area contributed by atoms with E-state index in [1.165, 1.54) is 24.4 Å². The van der Waals surface area contributed by atoms with Crippen LogP contribution in [0.3, 0.4) is 0 Å². The first-order valence-corrected chi connectivity index (χ1v) is 6.28. The maximum atomic E-state index is 12.2. The number of carbonyl (C=O) groups excluding carboxylic acids is 1. The first-order valence-electron chi connectivity index (χ1n) is 6.28. The number of aromatic nitrogens is 2. The van der Waals surface area contributed by atoms with E-state index in [-0.39, 0.29) is 17.3 Å². The van der Waals surface area contributed by atoms with E-state index in [9.17, 15) is 14.9 Å². The van der Waals surface area contributed by atoms with Gasteiger partial charge in [-0.1, -0.05) is 6.07 Å². The van der Waals surface area contributed by atoms with Crippen LogP contribution in [0.5, 0.6) is 0 Å². The van der Waals surface area contributed by atoms with E-state index in [1.807, 2.05) is 13.8 Å². The molecule has 2 rings (SSSR count). The Hall–Kier alpha value is -2.90. The van der Waals surface area contributed by atoms with Crippen LogP contribution < -0.4 is 11.1 Å². The van der Waals surface area contributed by atoms with E-state index in [1.54, 1.807) is 10.9 Å². The molecule has 110 valence electrons. The second kappa shape index (κ2) is 5.61. The zero-order valence-corrected chi connectivity index (χ0v) is 11.6. The third-order valence-corrected chi connectivity index (χ3v) is 2.88. The number of anilines is 2. The number of rotatable bonds is 4. The Balaban J connectivity index is 2.28. The fourth-order valence-corrected chi connectivity index (χ4v) is 1.83. The number of carbonyl (C=O) groups is 1. The Morgan fingerprint density at radius 2 is 2.19 bits per heavy atom. The van der Waals surface area contributed by atoms with Crippen molar-refractivity contribution in [2.24, 2.45) is 0 Å². The van der Waals surface area contributed by atoms with E-state index >= 15 is 0 Å². The number of nitro groups is 1. The molecule has 21 heavy (non-hydrogen) atoms. The largest absolute Gasteiger partial charge is 0.393 e. The van der Waals surface area contributed by atoms with Gasteiger partial charge >= 0.3 is 5.69 Å². The Morgan fingerprint density at radius 3 is 2.76 bits per heavy atom. The molecular weight excluding hydrogens is 274 g/mol. The number of hydrogen-bond acceptors (Lipinski definition) is 5. The van der Waals surface area contributed by atoms with Crippen molar-refractivity contribution in [1.29, 1.82) is 0 Å². The van der Waals surface area contributed by atoms with Crippen molar-refractivity contribution in [3.05, 3.63) is 46.3 Å². The van der Waals surface area contributed by atoms with Crippen LogP contribution in [0.25, 0.3) is 0 Å². The lowest BCUT2D eigenvalue weighted by Crippen LogP contribution is -2.14. The molecule has 0 saturated carbocycles. The monoisotopic (exact) mass is 289 g/mol. The SMILES string of the molecule is CC(C)n1cc(NC(=O)c2cccc(N)c2[N+](=O)[O-])cn1. The first-order chi connectivity index (χ1) is 9.90. The molecule has 0 spiro atoms. The van der Waals surface area contributed by atoms with E-state index in [0.29, 0.717) is 5.69 Å². The predicted molar refractivity (Wildman–Crippen MR) is 78.1 cm³/mol. The van der Waals surface area contributed by atoms with Gasteiger partial charge in [-0.25, -0.2) is 0 Å². The van der Waals surface area contributed by atoms with Gasteiger partial charge in [0, 0.05) is 12.2 Å². The van der Waals surface area contributed by atoms with Crippen LogP contribution in [-0.2, 0) is 0 Å². The summed E-state index contributed by atoms with van der Waals surface area (Å²) in [6.45, 7) is 3.89. The van der Waals surface area contributed by atoms with Gasteiger partial charge in [-0.2, -0.15) is 5.10 Å². The minimum Gasteiger partial charge on any atom is -0.393 e. The second-order valence-electron chi connectivity index (χ2n) is 4.76. The van der Waals surface area contributed by atoms with E-state index in [2.05, 4.69) is 10.4 Å². The average Bonchev–Trinajstić information content (AvgIpc) is 2.86. The van der Waals surface area contributed by atoms with Crippen LogP contribution in [0, 0.1) is 10.1 Å². The molecule has 0 atom stereocenters. The van der Waals surface area contributed by atoms with Gasteiger partial charge < -0.3 is 11.1 Å². The molecule has 1 aromatic carbocycles. The number of para-hydroxylation sites is 1. The molecule has 0 aliphatic carbocycles. The summed E-state index contributed by atoms with van der Waals surface area (Å²) >= 11 is 0. The van der Waals surface area contributed by atoms with Crippen LogP contribution in [0.4, 0.5) is 17.1 Å². The highest BCUT2D eigenvalue weighted by Gasteiger charge is 2.23. The fraction of sp³-hybridized carbons (Fsp3) is 0.231. The van der Waals surface area contributed by atoms with Gasteiger partial charge in [0.2, 0.25) is 0 Å². The van der Waals surface area contributed by atoms with Crippen molar-refractivity contribution in [2.75, 3.05) is 11.1 Å². The highest BCUT2D eigenvalue weighted by molar-refractivity contribution is 6.08. The number of nitrogens with two attached hydrogens (primary N) is 1. The molecule has 0 unspecified atom stereocenters. The van der Waals surface area contributed by atoms with Crippen molar-refractivity contribution in [2.45, 2.75) is 19.9 Å². The average molecular weight is 289 g/mol. The number of nitrogens with zero attached hydrogens (tertiary/aromatic N) is 3. The quantitative estimate of drug-likeness (QED) is 0.508. The number of amides is 1. The molecule has 0 aliphatic heterocycles. The Labute approximate surface area is 120 Å². The smallest absolute Gasteiger partial charge is 0.304 e. The minimum absolute atomic E-state index is 0.0504. The topological polar surface area (TPSA) is 116 Å². The number of hydrogen-bond donors (Lipinski definition) is 2. The molecule has 1 aromatic heterocycles. The fourth-order valence-electron chi connectivity index (χ4n) is 1.83. The molecule has 0 fully saturated rings. The maximum absolute atomic E-state index is 12.2. The third-order valence-electron chi connectivity index (χ3n) is 2.88. The lowest BCUT2D eigenvalue weighted by molar-refractivity contribution is -0.384. The minimum atomic E-state index is -0.665. The van der Waals surface area contributed by atoms with E-state index in [0.717, 1.165) is 0 Å². The van der Waals surface area contributed by atoms with Crippen molar-refractivity contribution in [1.82, 2.24) is 9.78 Å². The van der Waals surface area contributed by atoms with Crippen LogP contribution in [0.15, 0.2) is 30.6 Å². The molecule has 1 amide bonds. The normalized spacial score (nSPS) is 10.6. The summed E-state index contributed by atoms with van der Waals surface area (Å²) in [6.07, 6.45) is 3.14. The molecule has 8 heteroatoms. The van der Waals surface area contributed by atoms with E-state index < -0.39 is 16.5 Å². The van der Waals surface area contributed by atoms with Crippen LogP contribution in [-0.4, -0.2) is 20.6 Å². The van der Waals surface area contributed by atoms with E-state index in [4.69, 9.17) is 5.73 Å². The highest BCUT2D eigenvalue weighted by Crippen LogP contribution is 2.26. The Bertz CT molecular complexity index is 693. The van der Waals surface area contributed by atoms with Crippen LogP contribution in [0.1, 0.15) is 30.2 Å². The van der Waals surface area contributed by atoms with Gasteiger partial charge in [-0.3, -0.25) is 19.6 Å². The lowest BCUT2D eigenvalue weighted by Gasteiger charge is -2.06. The van der Waals surface area contributed by atoms with Crippen LogP contribution >= 0.6 is 0 Å². The molecule has 2 aromatic rings. The summed E-state index contributed by atoms with van der Waals surface area (Å²) in [4.78, 5) is 22.5. The van der Waals surface area contributed by atoms with Gasteiger partial charge in [0.05, 0.1) is 16.8 Å². The Kier molecular flexibility index (Phi) is 3.88. The van der Waals surface area contributed by atoms with Crippen molar-refractivity contribution >= 4 is 23.0 Å². The third kappa shape index (κ3) is 2.99. The van der Waals surface area contributed by atoms with Crippen molar-refractivity contribution in [3.8, 4) is 0 Å². The maximum Gasteiger partial charge on any atom is 0.304 e. The lowest BCUT2D eigenvalue weighted by atomic mass is 10.1. The van der Waals surface area contributed by atoms with Gasteiger partial charge in [0.1, 0.15) is 11.3 Å². The molecule has 8 nitrogen and oxygen atoms in total. The van der Waals surface area contributed by atoms with Gasteiger partial charge in [0.15, 0.2) is 0 Å². The summed E-state index contributed by atoms with van der Waals surface area (Å²) in [5, 5.41) is 17.7. The van der Waals surface area contributed by atoms with Gasteiger partial charge in [0.25, 0.3) is 5.91 Å². The molecular formula is C13H15N5O3. The predicted octanol–water partition coefficient (Wildman–Crippen LogP) is 2.21. The zero-order valence-electron chi connectivity index (χ0n) is 11.6.